The van der Waals surface area contributed by atoms with E-state index in [1.54, 1.807) is 12.1 Å². The summed E-state index contributed by atoms with van der Waals surface area (Å²) in [6.07, 6.45) is 1.74. The monoisotopic (exact) mass is 671 g/mol. The summed E-state index contributed by atoms with van der Waals surface area (Å²) < 4.78 is 28.2. The topological polar surface area (TPSA) is 125 Å². The van der Waals surface area contributed by atoms with Gasteiger partial charge in [-0.2, -0.15) is 11.8 Å². The Morgan fingerprint density at radius 2 is 1.55 bits per heavy atom. The molecule has 0 atom stereocenters. The van der Waals surface area contributed by atoms with Gasteiger partial charge in [-0.3, -0.25) is 19.8 Å². The van der Waals surface area contributed by atoms with Crippen LogP contribution in [0.3, 0.4) is 0 Å². The zero-order valence-electron chi connectivity index (χ0n) is 25.9. The molecule has 244 valence electrons. The first-order valence-electron chi connectivity index (χ1n) is 15.7. The normalized spacial score (nSPS) is 16.0. The first-order chi connectivity index (χ1) is 22.8. The van der Waals surface area contributed by atoms with Gasteiger partial charge in [0.1, 0.15) is 5.69 Å². The Balaban J connectivity index is 1.06. The number of hydrogen-bond donors (Lipinski definition) is 2. The first kappa shape index (κ1) is 32.5. The van der Waals surface area contributed by atoms with Gasteiger partial charge in [-0.25, -0.2) is 13.1 Å². The van der Waals surface area contributed by atoms with E-state index in [-0.39, 0.29) is 27.9 Å². The van der Waals surface area contributed by atoms with Crippen molar-refractivity contribution in [1.82, 2.24) is 9.62 Å². The van der Waals surface area contributed by atoms with Crippen molar-refractivity contribution in [2.45, 2.75) is 30.3 Å². The van der Waals surface area contributed by atoms with Crippen molar-refractivity contribution in [3.63, 3.8) is 0 Å². The molecule has 0 bridgehead atoms. The fourth-order valence-corrected chi connectivity index (χ4v) is 8.14. The number of carbonyl (C=O) groups is 1. The van der Waals surface area contributed by atoms with E-state index < -0.39 is 20.9 Å². The minimum Gasteiger partial charge on any atom is -0.377 e. The summed E-state index contributed by atoms with van der Waals surface area (Å²) in [5.74, 6) is 1.13. The van der Waals surface area contributed by atoms with Crippen LogP contribution < -0.4 is 14.9 Å². The van der Waals surface area contributed by atoms with E-state index in [0.29, 0.717) is 0 Å². The maximum absolute atomic E-state index is 13.1. The van der Waals surface area contributed by atoms with Crippen LogP contribution in [-0.4, -0.2) is 67.9 Å². The average molecular weight is 672 g/mol. The molecule has 12 heteroatoms. The molecule has 47 heavy (non-hydrogen) atoms. The van der Waals surface area contributed by atoms with Crippen LogP contribution in [0.1, 0.15) is 28.8 Å². The van der Waals surface area contributed by atoms with Crippen LogP contribution in [-0.2, 0) is 16.6 Å². The number of thioether (sulfide) groups is 1. The van der Waals surface area contributed by atoms with Crippen LogP contribution >= 0.6 is 11.8 Å². The lowest BCUT2D eigenvalue weighted by molar-refractivity contribution is -0.384. The van der Waals surface area contributed by atoms with Crippen molar-refractivity contribution in [3.05, 3.63) is 118 Å². The molecule has 1 amide bonds. The lowest BCUT2D eigenvalue weighted by Crippen LogP contribution is -2.46. The summed E-state index contributed by atoms with van der Waals surface area (Å²) in [6, 6.07) is 29.5. The Hall–Kier alpha value is -4.39. The van der Waals surface area contributed by atoms with Gasteiger partial charge in [0.2, 0.25) is 0 Å². The van der Waals surface area contributed by atoms with E-state index in [2.05, 4.69) is 68.4 Å². The maximum atomic E-state index is 13.1. The number of sulfonamides is 1. The summed E-state index contributed by atoms with van der Waals surface area (Å²) in [7, 11) is -4.35. The van der Waals surface area contributed by atoms with Gasteiger partial charge >= 0.3 is 0 Å². The smallest absolute Gasteiger partial charge is 0.293 e. The zero-order valence-corrected chi connectivity index (χ0v) is 27.5. The third kappa shape index (κ3) is 7.95. The van der Waals surface area contributed by atoms with Gasteiger partial charge in [0.15, 0.2) is 0 Å². The van der Waals surface area contributed by atoms with Gasteiger partial charge in [0.05, 0.1) is 9.82 Å². The molecule has 2 aliphatic heterocycles. The maximum Gasteiger partial charge on any atom is 0.293 e. The van der Waals surface area contributed by atoms with E-state index in [0.717, 1.165) is 68.8 Å². The quantitative estimate of drug-likeness (QED) is 0.154. The first-order valence-corrected chi connectivity index (χ1v) is 18.3. The second-order valence-corrected chi connectivity index (χ2v) is 14.6. The number of nitrogens with one attached hydrogen (secondary N) is 2. The Morgan fingerprint density at radius 3 is 2.26 bits per heavy atom. The number of hydrogen-bond acceptors (Lipinski definition) is 9. The molecule has 4 aromatic rings. The number of rotatable bonds is 10. The molecule has 4 aromatic carbocycles. The lowest BCUT2D eigenvalue weighted by atomic mass is 9.99. The molecule has 0 aromatic heterocycles. The fourth-order valence-electron chi connectivity index (χ4n) is 6.04. The molecule has 10 nitrogen and oxygen atoms in total. The second-order valence-electron chi connectivity index (χ2n) is 11.7. The molecule has 2 heterocycles. The fraction of sp³-hybridized carbons (Fsp3) is 0.286. The van der Waals surface area contributed by atoms with Crippen molar-refractivity contribution in [3.8, 4) is 11.1 Å². The predicted octanol–water partition coefficient (Wildman–Crippen LogP) is 6.01. The Morgan fingerprint density at radius 1 is 0.872 bits per heavy atom. The highest BCUT2D eigenvalue weighted by Gasteiger charge is 2.26. The molecule has 2 aliphatic rings. The van der Waals surface area contributed by atoms with Gasteiger partial charge in [-0.15, -0.1) is 0 Å². The van der Waals surface area contributed by atoms with Crippen LogP contribution in [0.25, 0.3) is 11.1 Å². The van der Waals surface area contributed by atoms with E-state index in [9.17, 15) is 23.3 Å². The third-order valence-corrected chi connectivity index (χ3v) is 11.0. The number of anilines is 2. The van der Waals surface area contributed by atoms with Crippen molar-refractivity contribution < 1.29 is 18.1 Å². The number of nitrogens with zero attached hydrogens (tertiary/aromatic N) is 3. The number of amides is 1. The molecule has 0 aliphatic carbocycles. The van der Waals surface area contributed by atoms with Crippen molar-refractivity contribution in [2.24, 2.45) is 0 Å². The summed E-state index contributed by atoms with van der Waals surface area (Å²) >= 11 is 1.84. The molecule has 0 spiro atoms. The number of benzene rings is 4. The van der Waals surface area contributed by atoms with Gasteiger partial charge in [0, 0.05) is 56.1 Å². The van der Waals surface area contributed by atoms with Crippen LogP contribution in [0, 0.1) is 10.1 Å². The molecule has 2 N–H and O–H groups in total. The summed E-state index contributed by atoms with van der Waals surface area (Å²) in [5.41, 5.74) is 4.79. The number of nitro groups is 1. The highest BCUT2D eigenvalue weighted by Crippen LogP contribution is 2.31. The minimum absolute atomic E-state index is 0.0892. The number of piperazine rings is 1. The van der Waals surface area contributed by atoms with E-state index >= 15 is 0 Å². The molecular formula is C35H37N5O5S2. The molecule has 0 unspecified atom stereocenters. The summed E-state index contributed by atoms with van der Waals surface area (Å²) in [6.45, 7) is 4.25. The second kappa shape index (κ2) is 14.6. The van der Waals surface area contributed by atoms with Gasteiger partial charge in [-0.05, 0) is 77.4 Å². The standard InChI is InChI=1S/C35H37N5O5S2/c41-35(37-47(44,45)31-14-15-33(34(24-31)40(42)43)36-29-16-22-46-23-17-29)27-10-12-30(13-11-27)39-20-18-38(19-21-39)25-28-8-4-5-9-32(28)26-6-2-1-3-7-26/h1-15,24,29,36H,16-23,25H2,(H,37,41). The lowest BCUT2D eigenvalue weighted by Gasteiger charge is -2.36. The average Bonchev–Trinajstić information content (AvgIpc) is 3.09. The van der Waals surface area contributed by atoms with Crippen LogP contribution in [0.2, 0.25) is 0 Å². The Kier molecular flexibility index (Phi) is 10.1. The van der Waals surface area contributed by atoms with E-state index in [1.165, 1.54) is 28.8 Å². The van der Waals surface area contributed by atoms with Gasteiger partial charge in [-0.1, -0.05) is 54.6 Å². The minimum atomic E-state index is -4.35. The molecule has 2 saturated heterocycles. The summed E-state index contributed by atoms with van der Waals surface area (Å²) in [5, 5.41) is 15.0. The van der Waals surface area contributed by atoms with Crippen LogP contribution in [0.5, 0.6) is 0 Å². The molecule has 2 fully saturated rings. The number of nitro benzene ring substituents is 1. The van der Waals surface area contributed by atoms with Gasteiger partial charge in [0.25, 0.3) is 21.6 Å². The molecular weight excluding hydrogens is 635 g/mol. The highest BCUT2D eigenvalue weighted by molar-refractivity contribution is 7.99. The van der Waals surface area contributed by atoms with Crippen molar-refractivity contribution >= 4 is 44.8 Å². The summed E-state index contributed by atoms with van der Waals surface area (Å²) in [4.78, 5) is 28.5. The largest absolute Gasteiger partial charge is 0.377 e. The third-order valence-electron chi connectivity index (χ3n) is 8.65. The van der Waals surface area contributed by atoms with Crippen molar-refractivity contribution in [2.75, 3.05) is 47.9 Å². The van der Waals surface area contributed by atoms with Gasteiger partial charge < -0.3 is 10.2 Å². The Labute approximate surface area is 279 Å². The Bertz CT molecular complexity index is 1820. The van der Waals surface area contributed by atoms with Crippen molar-refractivity contribution in [1.29, 1.82) is 0 Å². The van der Waals surface area contributed by atoms with Crippen LogP contribution in [0.15, 0.2) is 102 Å². The molecule has 0 saturated carbocycles. The zero-order chi connectivity index (χ0) is 32.8. The number of carbonyl (C=O) groups excluding carboxylic acids is 1. The van der Waals surface area contributed by atoms with E-state index in [1.807, 2.05) is 30.0 Å². The predicted molar refractivity (Wildman–Crippen MR) is 188 cm³/mol. The van der Waals surface area contributed by atoms with Crippen LogP contribution in [0.4, 0.5) is 17.1 Å². The molecule has 6 rings (SSSR count). The highest BCUT2D eigenvalue weighted by atomic mass is 32.2. The van der Waals surface area contributed by atoms with E-state index in [4.69, 9.17) is 0 Å². The SMILES string of the molecule is O=C(NS(=O)(=O)c1ccc(NC2CCSCC2)c([N+](=O)[O-])c1)c1ccc(N2CCN(Cc3ccccc3-c3ccccc3)CC2)cc1. The molecule has 0 radical (unpaired) electrons.